The number of rotatable bonds is 13. The molecule has 5 atom stereocenters. The maximum atomic E-state index is 12.8. The molecule has 3 N–H and O–H groups in total. The molecular weight excluding hydrogens is 574 g/mol. The fourth-order valence-electron chi connectivity index (χ4n) is 6.28. The molecule has 4 aromatic rings. The van der Waals surface area contributed by atoms with Crippen LogP contribution in [0.4, 0.5) is 0 Å². The quantitative estimate of drug-likeness (QED) is 0.214. The Morgan fingerprint density at radius 2 is 1.44 bits per heavy atom. The van der Waals surface area contributed by atoms with Crippen LogP contribution in [0, 0.1) is 5.92 Å². The number of nitrogens with two attached hydrogens (primary N) is 1. The van der Waals surface area contributed by atoms with Gasteiger partial charge in [0.05, 0.1) is 26.4 Å². The highest BCUT2D eigenvalue weighted by Crippen LogP contribution is 2.46. The summed E-state index contributed by atoms with van der Waals surface area (Å²) in [5, 5.41) is 0. The molecule has 10 heteroatoms. The average molecular weight is 616 g/mol. The van der Waals surface area contributed by atoms with Gasteiger partial charge in [0.2, 0.25) is 0 Å². The maximum Gasteiger partial charge on any atom is 0.330 e. The number of ether oxygens (including phenoxy) is 5. The van der Waals surface area contributed by atoms with Crippen LogP contribution >= 0.6 is 0 Å². The van der Waals surface area contributed by atoms with E-state index in [0.717, 1.165) is 28.2 Å². The summed E-state index contributed by atoms with van der Waals surface area (Å²) in [6, 6.07) is 27.1. The Labute approximate surface area is 262 Å². The second kappa shape index (κ2) is 14.3. The van der Waals surface area contributed by atoms with Crippen molar-refractivity contribution in [3.05, 3.63) is 129 Å². The van der Waals surface area contributed by atoms with Crippen LogP contribution in [0.15, 0.2) is 101 Å². The first kappa shape index (κ1) is 32.2. The van der Waals surface area contributed by atoms with Gasteiger partial charge in [0.25, 0.3) is 5.56 Å². The lowest BCUT2D eigenvalue weighted by Gasteiger charge is -2.41. The Kier molecular flexibility index (Phi) is 10.2. The summed E-state index contributed by atoms with van der Waals surface area (Å²) in [4.78, 5) is 27.0. The van der Waals surface area contributed by atoms with Gasteiger partial charge in [-0.05, 0) is 60.3 Å². The topological polar surface area (TPSA) is 127 Å². The summed E-state index contributed by atoms with van der Waals surface area (Å²) >= 11 is 0. The minimum atomic E-state index is -1.09. The summed E-state index contributed by atoms with van der Waals surface area (Å²) < 4.78 is 32.4. The predicted octanol–water partition coefficient (Wildman–Crippen LogP) is 4.22. The molecule has 1 aromatic heterocycles. The zero-order valence-corrected chi connectivity index (χ0v) is 26.1. The molecule has 1 aliphatic heterocycles. The van der Waals surface area contributed by atoms with Crippen LogP contribution in [0.5, 0.6) is 11.5 Å². The summed E-state index contributed by atoms with van der Waals surface area (Å²) in [5.41, 5.74) is 6.60. The molecule has 1 unspecified atom stereocenters. The van der Waals surface area contributed by atoms with Crippen molar-refractivity contribution >= 4 is 0 Å². The highest BCUT2D eigenvalue weighted by molar-refractivity contribution is 5.50. The lowest BCUT2D eigenvalue weighted by molar-refractivity contribution is -0.140. The molecule has 238 valence electrons. The highest BCUT2D eigenvalue weighted by atomic mass is 16.6. The van der Waals surface area contributed by atoms with Gasteiger partial charge in [-0.3, -0.25) is 14.3 Å². The largest absolute Gasteiger partial charge is 0.497 e. The first-order valence-corrected chi connectivity index (χ1v) is 15.1. The molecule has 1 fully saturated rings. The van der Waals surface area contributed by atoms with E-state index < -0.39 is 41.4 Å². The Morgan fingerprint density at radius 1 is 0.867 bits per heavy atom. The van der Waals surface area contributed by atoms with E-state index in [-0.39, 0.29) is 5.92 Å². The van der Waals surface area contributed by atoms with Crippen LogP contribution in [0.25, 0.3) is 0 Å². The molecule has 0 aliphatic carbocycles. The third-order valence-corrected chi connectivity index (χ3v) is 8.57. The van der Waals surface area contributed by atoms with E-state index in [1.807, 2.05) is 85.8 Å². The molecule has 0 saturated carbocycles. The van der Waals surface area contributed by atoms with E-state index in [0.29, 0.717) is 19.4 Å². The van der Waals surface area contributed by atoms with E-state index >= 15 is 0 Å². The predicted molar refractivity (Wildman–Crippen MR) is 171 cm³/mol. The molecule has 1 aliphatic rings. The Hall–Kier alpha value is -4.22. The third-order valence-electron chi connectivity index (χ3n) is 8.57. The SMILES string of the molecule is COc1ccc(C(O[C@H](CCCN)[C@H]2O[C@@H](n3ccc(=O)[nH]c3=O)C(OC)[C@H]2C)(c2ccccc2)c2ccc(OC)cc2)cc1. The average Bonchev–Trinajstić information content (AvgIpc) is 3.41. The smallest absolute Gasteiger partial charge is 0.330 e. The summed E-state index contributed by atoms with van der Waals surface area (Å²) in [6.07, 6.45) is 0.432. The van der Waals surface area contributed by atoms with Crippen molar-refractivity contribution < 1.29 is 23.7 Å². The Balaban J connectivity index is 1.67. The minimum Gasteiger partial charge on any atom is -0.497 e. The normalized spacial score (nSPS) is 20.6. The van der Waals surface area contributed by atoms with Gasteiger partial charge in [0.1, 0.15) is 23.2 Å². The number of aromatic nitrogens is 2. The van der Waals surface area contributed by atoms with E-state index in [1.165, 1.54) is 16.8 Å². The number of benzene rings is 3. The van der Waals surface area contributed by atoms with Gasteiger partial charge in [0, 0.05) is 25.3 Å². The van der Waals surface area contributed by atoms with E-state index in [2.05, 4.69) is 4.98 Å². The number of aromatic amines is 1. The number of H-pyrrole nitrogens is 1. The standard InChI is InChI=1S/C35H41N3O7/c1-23-31(44-33(32(23)43-4)38-22-20-30(39)37-34(38)40)29(11-8-21-36)45-35(24-9-6-5-7-10-24,25-12-16-27(41-2)17-13-25)26-14-18-28(42-3)19-15-26/h5-7,9-10,12-20,22-23,29,31-33H,8,11,21,36H2,1-4H3,(H,37,39,40)/t23-,29+,31-,32?,33+/m0/s1. The van der Waals surface area contributed by atoms with Gasteiger partial charge in [-0.1, -0.05) is 61.5 Å². The second-order valence-corrected chi connectivity index (χ2v) is 11.2. The monoisotopic (exact) mass is 615 g/mol. The zero-order valence-electron chi connectivity index (χ0n) is 26.1. The van der Waals surface area contributed by atoms with E-state index in [9.17, 15) is 9.59 Å². The Bertz CT molecular complexity index is 1590. The first-order chi connectivity index (χ1) is 21.9. The molecule has 45 heavy (non-hydrogen) atoms. The molecule has 0 spiro atoms. The Morgan fingerprint density at radius 3 is 1.96 bits per heavy atom. The third kappa shape index (κ3) is 6.46. The van der Waals surface area contributed by atoms with Crippen molar-refractivity contribution in [3.8, 4) is 11.5 Å². The van der Waals surface area contributed by atoms with E-state index in [4.69, 9.17) is 29.4 Å². The maximum absolute atomic E-state index is 12.8. The van der Waals surface area contributed by atoms with Crippen LogP contribution in [0.2, 0.25) is 0 Å². The van der Waals surface area contributed by atoms with Crippen LogP contribution in [-0.4, -0.2) is 55.7 Å². The molecule has 0 amide bonds. The number of nitrogens with one attached hydrogen (secondary N) is 1. The minimum absolute atomic E-state index is 0.193. The second-order valence-electron chi connectivity index (χ2n) is 11.2. The van der Waals surface area contributed by atoms with Gasteiger partial charge in [-0.15, -0.1) is 0 Å². The van der Waals surface area contributed by atoms with Crippen molar-refractivity contribution in [1.82, 2.24) is 9.55 Å². The molecule has 5 rings (SSSR count). The fourth-order valence-corrected chi connectivity index (χ4v) is 6.28. The van der Waals surface area contributed by atoms with Crippen LogP contribution < -0.4 is 26.5 Å². The van der Waals surface area contributed by atoms with Gasteiger partial charge in [-0.2, -0.15) is 0 Å². The number of hydrogen-bond acceptors (Lipinski definition) is 8. The molecule has 2 heterocycles. The molecule has 0 radical (unpaired) electrons. The van der Waals surface area contributed by atoms with Gasteiger partial charge in [-0.25, -0.2) is 4.79 Å². The fraction of sp³-hybridized carbons (Fsp3) is 0.371. The van der Waals surface area contributed by atoms with Gasteiger partial charge >= 0.3 is 5.69 Å². The first-order valence-electron chi connectivity index (χ1n) is 15.1. The summed E-state index contributed by atoms with van der Waals surface area (Å²) in [7, 11) is 4.87. The van der Waals surface area contributed by atoms with Crippen molar-refractivity contribution in [2.75, 3.05) is 27.9 Å². The van der Waals surface area contributed by atoms with Crippen LogP contribution in [0.1, 0.15) is 42.7 Å². The summed E-state index contributed by atoms with van der Waals surface area (Å²) in [6.45, 7) is 2.49. The molecule has 10 nitrogen and oxygen atoms in total. The lowest BCUT2D eigenvalue weighted by atomic mass is 9.79. The van der Waals surface area contributed by atoms with Crippen molar-refractivity contribution in [2.45, 2.75) is 49.9 Å². The number of methoxy groups -OCH3 is 3. The van der Waals surface area contributed by atoms with E-state index in [1.54, 1.807) is 21.3 Å². The number of nitrogens with zero attached hydrogens (tertiary/aromatic N) is 1. The van der Waals surface area contributed by atoms with Crippen molar-refractivity contribution in [2.24, 2.45) is 11.7 Å². The number of hydrogen-bond donors (Lipinski definition) is 2. The van der Waals surface area contributed by atoms with Crippen LogP contribution in [-0.2, 0) is 19.8 Å². The lowest BCUT2D eigenvalue weighted by Crippen LogP contribution is -2.44. The summed E-state index contributed by atoms with van der Waals surface area (Å²) in [5.74, 6) is 1.25. The molecule has 1 saturated heterocycles. The molecule has 3 aromatic carbocycles. The highest BCUT2D eigenvalue weighted by Gasteiger charge is 2.50. The van der Waals surface area contributed by atoms with Crippen LogP contribution in [0.3, 0.4) is 0 Å². The van der Waals surface area contributed by atoms with Gasteiger partial charge in [0.15, 0.2) is 6.23 Å². The zero-order chi connectivity index (χ0) is 32.0. The van der Waals surface area contributed by atoms with Crippen molar-refractivity contribution in [1.29, 1.82) is 0 Å². The van der Waals surface area contributed by atoms with Crippen molar-refractivity contribution in [3.63, 3.8) is 0 Å². The van der Waals surface area contributed by atoms with Gasteiger partial charge < -0.3 is 29.4 Å². The molecule has 0 bridgehead atoms. The molecular formula is C35H41N3O7.